The summed E-state index contributed by atoms with van der Waals surface area (Å²) in [6.45, 7) is 2.00. The second-order valence-electron chi connectivity index (χ2n) is 3.91. The molecule has 1 aromatic rings. The fourth-order valence-electron chi connectivity index (χ4n) is 1.72. The van der Waals surface area contributed by atoms with E-state index in [-0.39, 0.29) is 12.4 Å². The Morgan fingerprint density at radius 1 is 1.59 bits per heavy atom. The molecule has 0 aliphatic heterocycles. The van der Waals surface area contributed by atoms with E-state index in [1.807, 2.05) is 0 Å². The maximum Gasteiger partial charge on any atom is 0.320 e. The number of halogens is 2. The predicted octanol–water partition coefficient (Wildman–Crippen LogP) is 2.77. The van der Waals surface area contributed by atoms with Gasteiger partial charge in [-0.05, 0) is 31.7 Å². The van der Waals surface area contributed by atoms with Gasteiger partial charge in [0.05, 0.1) is 0 Å². The Labute approximate surface area is 105 Å². The summed E-state index contributed by atoms with van der Waals surface area (Å²) in [5.41, 5.74) is 0.403. The van der Waals surface area contributed by atoms with Crippen molar-refractivity contribution in [2.45, 2.75) is 25.9 Å². The summed E-state index contributed by atoms with van der Waals surface area (Å²) < 4.78 is 13.5. The van der Waals surface area contributed by atoms with Gasteiger partial charge in [-0.1, -0.05) is 18.5 Å². The molecule has 0 saturated carbocycles. The molecule has 0 radical (unpaired) electrons. The summed E-state index contributed by atoms with van der Waals surface area (Å²) in [5, 5.41) is 9.43. The molecule has 0 saturated heterocycles. The molecule has 0 heterocycles. The van der Waals surface area contributed by atoms with Crippen LogP contribution in [0.25, 0.3) is 0 Å². The monoisotopic (exact) mass is 259 g/mol. The Bertz CT molecular complexity index is 411. The number of hydrogen-bond acceptors (Lipinski definition) is 2. The second kappa shape index (κ2) is 5.98. The summed E-state index contributed by atoms with van der Waals surface area (Å²) >= 11 is 5.77. The molecule has 1 unspecified atom stereocenters. The zero-order chi connectivity index (χ0) is 13.0. The van der Waals surface area contributed by atoms with Gasteiger partial charge in [0.1, 0.15) is 11.9 Å². The van der Waals surface area contributed by atoms with Gasteiger partial charge in [0.25, 0.3) is 0 Å². The molecular formula is C12H15ClFNO2. The first-order valence-electron chi connectivity index (χ1n) is 5.32. The minimum Gasteiger partial charge on any atom is -0.480 e. The van der Waals surface area contributed by atoms with Gasteiger partial charge in [0.15, 0.2) is 0 Å². The van der Waals surface area contributed by atoms with Gasteiger partial charge < -0.3 is 5.11 Å². The lowest BCUT2D eigenvalue weighted by Crippen LogP contribution is -2.37. The molecule has 94 valence electrons. The lowest BCUT2D eigenvalue weighted by molar-refractivity contribution is -0.143. The van der Waals surface area contributed by atoms with Crippen LogP contribution in [-0.2, 0) is 11.3 Å². The molecule has 5 heteroatoms. The molecule has 1 aromatic carbocycles. The van der Waals surface area contributed by atoms with Crippen molar-refractivity contribution in [2.75, 3.05) is 7.05 Å². The number of carboxylic acid groups (broad SMARTS) is 1. The van der Waals surface area contributed by atoms with Crippen molar-refractivity contribution in [3.8, 4) is 0 Å². The fraction of sp³-hybridized carbons (Fsp3) is 0.417. The summed E-state index contributed by atoms with van der Waals surface area (Å²) in [4.78, 5) is 12.5. The summed E-state index contributed by atoms with van der Waals surface area (Å²) in [6.07, 6.45) is 0.466. The van der Waals surface area contributed by atoms with Crippen molar-refractivity contribution < 1.29 is 14.3 Å². The van der Waals surface area contributed by atoms with Crippen LogP contribution < -0.4 is 0 Å². The standard InChI is InChI=1S/C12H15ClFNO2/c1-3-11(12(16)17)15(2)7-8-6-9(13)4-5-10(8)14/h4-6,11H,3,7H2,1-2H3,(H,16,17). The van der Waals surface area contributed by atoms with Crippen LogP contribution in [0.1, 0.15) is 18.9 Å². The van der Waals surface area contributed by atoms with Crippen molar-refractivity contribution in [2.24, 2.45) is 0 Å². The molecule has 0 aromatic heterocycles. The van der Waals surface area contributed by atoms with E-state index in [0.717, 1.165) is 0 Å². The van der Waals surface area contributed by atoms with Crippen LogP contribution in [0.3, 0.4) is 0 Å². The second-order valence-corrected chi connectivity index (χ2v) is 4.35. The Balaban J connectivity index is 2.83. The molecular weight excluding hydrogens is 245 g/mol. The van der Waals surface area contributed by atoms with Gasteiger partial charge in [-0.3, -0.25) is 9.69 Å². The van der Waals surface area contributed by atoms with Gasteiger partial charge in [0, 0.05) is 17.1 Å². The van der Waals surface area contributed by atoms with E-state index in [4.69, 9.17) is 16.7 Å². The highest BCUT2D eigenvalue weighted by atomic mass is 35.5. The third kappa shape index (κ3) is 3.68. The third-order valence-electron chi connectivity index (χ3n) is 2.63. The summed E-state index contributed by atoms with van der Waals surface area (Å²) in [7, 11) is 1.66. The van der Waals surface area contributed by atoms with E-state index in [2.05, 4.69) is 0 Å². The van der Waals surface area contributed by atoms with Crippen LogP contribution in [0, 0.1) is 5.82 Å². The number of nitrogens with zero attached hydrogens (tertiary/aromatic N) is 1. The van der Waals surface area contributed by atoms with E-state index in [9.17, 15) is 9.18 Å². The number of carboxylic acids is 1. The first-order chi connectivity index (χ1) is 7.95. The predicted molar refractivity (Wildman–Crippen MR) is 64.6 cm³/mol. The number of rotatable bonds is 5. The average molecular weight is 260 g/mol. The maximum absolute atomic E-state index is 13.5. The Morgan fingerprint density at radius 3 is 2.76 bits per heavy atom. The van der Waals surface area contributed by atoms with Crippen molar-refractivity contribution in [1.29, 1.82) is 0 Å². The van der Waals surface area contributed by atoms with Crippen LogP contribution in [0.2, 0.25) is 5.02 Å². The van der Waals surface area contributed by atoms with E-state index < -0.39 is 12.0 Å². The summed E-state index contributed by atoms with van der Waals surface area (Å²) in [6, 6.07) is 3.65. The highest BCUT2D eigenvalue weighted by molar-refractivity contribution is 6.30. The zero-order valence-electron chi connectivity index (χ0n) is 9.78. The van der Waals surface area contributed by atoms with Crippen molar-refractivity contribution in [3.63, 3.8) is 0 Å². The van der Waals surface area contributed by atoms with Gasteiger partial charge in [-0.25, -0.2) is 4.39 Å². The van der Waals surface area contributed by atoms with Gasteiger partial charge in [-0.2, -0.15) is 0 Å². The Morgan fingerprint density at radius 2 is 2.24 bits per heavy atom. The van der Waals surface area contributed by atoms with Crippen LogP contribution in [-0.4, -0.2) is 29.1 Å². The lowest BCUT2D eigenvalue weighted by atomic mass is 10.1. The lowest BCUT2D eigenvalue weighted by Gasteiger charge is -2.23. The smallest absolute Gasteiger partial charge is 0.320 e. The molecule has 1 rings (SSSR count). The molecule has 0 spiro atoms. The first kappa shape index (κ1) is 13.9. The van der Waals surface area contributed by atoms with Crippen LogP contribution in [0.5, 0.6) is 0 Å². The average Bonchev–Trinajstić information content (AvgIpc) is 2.24. The number of likely N-dealkylation sites (N-methyl/N-ethyl adjacent to an activating group) is 1. The van der Waals surface area contributed by atoms with Gasteiger partial charge in [0.2, 0.25) is 0 Å². The van der Waals surface area contributed by atoms with Gasteiger partial charge >= 0.3 is 5.97 Å². The SMILES string of the molecule is CCC(C(=O)O)N(C)Cc1cc(Cl)ccc1F. The highest BCUT2D eigenvalue weighted by Crippen LogP contribution is 2.17. The molecule has 17 heavy (non-hydrogen) atoms. The van der Waals surface area contributed by atoms with Crippen molar-refractivity contribution >= 4 is 17.6 Å². The van der Waals surface area contributed by atoms with Gasteiger partial charge in [-0.15, -0.1) is 0 Å². The van der Waals surface area contributed by atoms with E-state index in [1.165, 1.54) is 18.2 Å². The molecule has 1 atom stereocenters. The zero-order valence-corrected chi connectivity index (χ0v) is 10.5. The van der Waals surface area contributed by atoms with E-state index in [1.54, 1.807) is 18.9 Å². The minimum atomic E-state index is -0.905. The van der Waals surface area contributed by atoms with E-state index in [0.29, 0.717) is 17.0 Å². The largest absolute Gasteiger partial charge is 0.480 e. The summed E-state index contributed by atoms with van der Waals surface area (Å²) in [5.74, 6) is -1.28. The van der Waals surface area contributed by atoms with Crippen LogP contribution in [0.4, 0.5) is 4.39 Å². The minimum absolute atomic E-state index is 0.219. The topological polar surface area (TPSA) is 40.5 Å². The Kier molecular flexibility index (Phi) is 4.90. The fourth-order valence-corrected chi connectivity index (χ4v) is 1.91. The molecule has 3 nitrogen and oxygen atoms in total. The number of benzene rings is 1. The van der Waals surface area contributed by atoms with Crippen molar-refractivity contribution in [3.05, 3.63) is 34.6 Å². The van der Waals surface area contributed by atoms with Crippen LogP contribution in [0.15, 0.2) is 18.2 Å². The molecule has 1 N–H and O–H groups in total. The molecule has 0 fully saturated rings. The van der Waals surface area contributed by atoms with E-state index >= 15 is 0 Å². The molecule has 0 aliphatic carbocycles. The molecule has 0 amide bonds. The maximum atomic E-state index is 13.5. The highest BCUT2D eigenvalue weighted by Gasteiger charge is 2.21. The first-order valence-corrected chi connectivity index (χ1v) is 5.70. The number of hydrogen-bond donors (Lipinski definition) is 1. The molecule has 0 bridgehead atoms. The van der Waals surface area contributed by atoms with Crippen molar-refractivity contribution in [1.82, 2.24) is 4.90 Å². The Hall–Kier alpha value is -1.13. The van der Waals surface area contributed by atoms with Crippen LogP contribution >= 0.6 is 11.6 Å². The third-order valence-corrected chi connectivity index (χ3v) is 2.87. The molecule has 0 aliphatic rings. The number of aliphatic carboxylic acids is 1. The normalized spacial score (nSPS) is 12.8. The quantitative estimate of drug-likeness (QED) is 0.884. The number of carbonyl (C=O) groups is 1.